The van der Waals surface area contributed by atoms with E-state index in [2.05, 4.69) is 39.4 Å². The summed E-state index contributed by atoms with van der Waals surface area (Å²) < 4.78 is 0. The molecule has 0 aliphatic carbocycles. The van der Waals surface area contributed by atoms with Crippen LogP contribution in [0.2, 0.25) is 0 Å². The lowest BCUT2D eigenvalue weighted by Crippen LogP contribution is -2.29. The highest BCUT2D eigenvalue weighted by Gasteiger charge is 2.20. The van der Waals surface area contributed by atoms with Gasteiger partial charge in [-0.05, 0) is 29.9 Å². The third kappa shape index (κ3) is 4.87. The molecule has 2 saturated heterocycles. The number of rotatable bonds is 1. The smallest absolute Gasteiger partial charge is 0.228 e. The van der Waals surface area contributed by atoms with E-state index in [0.717, 1.165) is 42.2 Å². The molecule has 2 fully saturated rings. The zero-order valence-electron chi connectivity index (χ0n) is 13.2. The van der Waals surface area contributed by atoms with E-state index < -0.39 is 0 Å². The second-order valence-electron chi connectivity index (χ2n) is 5.11. The average molecular weight is 430 g/mol. The Morgan fingerprint density at radius 2 is 1.77 bits per heavy atom. The topological polar surface area (TPSA) is 31.2 Å². The molecule has 2 aliphatic rings. The molecule has 0 radical (unpaired) electrons. The predicted octanol–water partition coefficient (Wildman–Crippen LogP) is 3.86. The summed E-state index contributed by atoms with van der Waals surface area (Å²) in [6, 6.07) is 10.1. The van der Waals surface area contributed by atoms with Crippen molar-refractivity contribution in [2.24, 2.45) is 9.98 Å². The Kier molecular flexibility index (Phi) is 7.51. The molecule has 0 saturated carbocycles. The predicted molar refractivity (Wildman–Crippen MR) is 107 cm³/mol. The fourth-order valence-corrected chi connectivity index (χ4v) is 3.39. The first-order valence-electron chi connectivity index (χ1n) is 7.52. The van der Waals surface area contributed by atoms with E-state index in [-0.39, 0.29) is 0 Å². The van der Waals surface area contributed by atoms with Gasteiger partial charge in [-0.15, -0.1) is 0 Å². The van der Waals surface area contributed by atoms with Crippen molar-refractivity contribution in [1.82, 2.24) is 9.80 Å². The number of benzene rings is 1. The van der Waals surface area contributed by atoms with Crippen LogP contribution >= 0.6 is 34.4 Å². The van der Waals surface area contributed by atoms with Gasteiger partial charge in [0, 0.05) is 32.4 Å². The van der Waals surface area contributed by atoms with Gasteiger partial charge < -0.3 is 9.80 Å². The summed E-state index contributed by atoms with van der Waals surface area (Å²) in [5.74, 6) is 1.98. The minimum absolute atomic E-state index is 0.866. The number of halogens is 1. The van der Waals surface area contributed by atoms with Crippen LogP contribution < -0.4 is 0 Å². The van der Waals surface area contributed by atoms with Crippen LogP contribution in [0.3, 0.4) is 0 Å². The van der Waals surface area contributed by atoms with Crippen LogP contribution in [0.15, 0.2) is 40.3 Å². The number of guanidine groups is 1. The first-order chi connectivity index (χ1) is 10.8. The van der Waals surface area contributed by atoms with Gasteiger partial charge >= 0.3 is 0 Å². The van der Waals surface area contributed by atoms with Gasteiger partial charge in [0.05, 0.1) is 5.69 Å². The lowest BCUT2D eigenvalue weighted by molar-refractivity contribution is 0.510. The molecule has 2 aliphatic heterocycles. The molecule has 2 heterocycles. The molecule has 1 aromatic rings. The van der Waals surface area contributed by atoms with Gasteiger partial charge in [-0.2, -0.15) is 4.99 Å². The number of likely N-dealkylation sites (tertiary alicyclic amines) is 1. The van der Waals surface area contributed by atoms with Crippen LogP contribution in [0.5, 0.6) is 0 Å². The van der Waals surface area contributed by atoms with E-state index >= 15 is 0 Å². The Hall–Kier alpha value is -0.760. The maximum Gasteiger partial charge on any atom is 0.228 e. The Morgan fingerprint density at radius 1 is 1.09 bits per heavy atom. The molecule has 22 heavy (non-hydrogen) atoms. The van der Waals surface area contributed by atoms with Crippen molar-refractivity contribution in [2.75, 3.05) is 37.4 Å². The van der Waals surface area contributed by atoms with Gasteiger partial charge in [-0.1, -0.05) is 52.6 Å². The fourth-order valence-electron chi connectivity index (χ4n) is 2.38. The maximum atomic E-state index is 4.82. The molecule has 120 valence electrons. The summed E-state index contributed by atoms with van der Waals surface area (Å²) in [6.07, 6.45) is 2.48. The van der Waals surface area contributed by atoms with Crippen LogP contribution in [-0.2, 0) is 0 Å². The largest absolute Gasteiger partial charge is 0.353 e. The summed E-state index contributed by atoms with van der Waals surface area (Å²) >= 11 is 3.97. The molecule has 0 atom stereocenters. The summed E-state index contributed by atoms with van der Waals surface area (Å²) in [6.45, 7) is 3.20. The maximum absolute atomic E-state index is 4.82. The molecule has 0 bridgehead atoms. The standard InChI is InChI=1S/C15H20N4S.CH3I/c1-18-11-12-20-15(18)17-14(19-9-5-6-10-19)16-13-7-3-2-4-8-13;1-2/h2-4,7-8H,5-6,9-12H2,1H3;1H3/b16-14-,17-15+;. The minimum Gasteiger partial charge on any atom is -0.353 e. The number of hydrogen-bond donors (Lipinski definition) is 0. The minimum atomic E-state index is 0.866. The zero-order valence-corrected chi connectivity index (χ0v) is 16.2. The molecular formula is C16H23IN4S. The lowest BCUT2D eigenvalue weighted by atomic mass is 10.3. The van der Waals surface area contributed by atoms with Crippen LogP contribution in [0.25, 0.3) is 0 Å². The highest BCUT2D eigenvalue weighted by molar-refractivity contribution is 14.1. The Labute approximate surface area is 151 Å². The number of hydrogen-bond acceptors (Lipinski definition) is 2. The Balaban J connectivity index is 0.000000847. The summed E-state index contributed by atoms with van der Waals surface area (Å²) in [5.41, 5.74) is 0.976. The van der Waals surface area contributed by atoms with Gasteiger partial charge in [-0.25, -0.2) is 4.99 Å². The van der Waals surface area contributed by atoms with E-state index in [1.54, 1.807) is 0 Å². The second-order valence-corrected chi connectivity index (χ2v) is 6.17. The van der Waals surface area contributed by atoms with E-state index in [1.165, 1.54) is 12.8 Å². The van der Waals surface area contributed by atoms with E-state index in [4.69, 9.17) is 9.98 Å². The van der Waals surface area contributed by atoms with Crippen molar-refractivity contribution in [3.63, 3.8) is 0 Å². The quantitative estimate of drug-likeness (QED) is 0.294. The van der Waals surface area contributed by atoms with E-state index in [9.17, 15) is 0 Å². The van der Waals surface area contributed by atoms with Crippen molar-refractivity contribution in [3.8, 4) is 0 Å². The van der Waals surface area contributed by atoms with Crippen molar-refractivity contribution < 1.29 is 0 Å². The number of para-hydroxylation sites is 1. The van der Waals surface area contributed by atoms with Crippen molar-refractivity contribution in [2.45, 2.75) is 12.8 Å². The highest BCUT2D eigenvalue weighted by Crippen LogP contribution is 2.20. The molecule has 0 N–H and O–H groups in total. The number of alkyl halides is 1. The molecule has 0 spiro atoms. The molecular weight excluding hydrogens is 407 g/mol. The lowest BCUT2D eigenvalue weighted by Gasteiger charge is -2.18. The summed E-state index contributed by atoms with van der Waals surface area (Å²) in [4.78, 5) is 16.0. The fraction of sp³-hybridized carbons (Fsp3) is 0.500. The summed E-state index contributed by atoms with van der Waals surface area (Å²) in [7, 11) is 2.10. The second kappa shape index (κ2) is 9.39. The molecule has 0 aromatic heterocycles. The monoisotopic (exact) mass is 430 g/mol. The number of nitrogens with zero attached hydrogens (tertiary/aromatic N) is 4. The highest BCUT2D eigenvalue weighted by atomic mass is 127. The number of aliphatic imine (C=N–C) groups is 2. The summed E-state index contributed by atoms with van der Waals surface area (Å²) in [5, 5.41) is 1.09. The number of thioether (sulfide) groups is 1. The van der Waals surface area contributed by atoms with Crippen LogP contribution in [0, 0.1) is 0 Å². The van der Waals surface area contributed by atoms with Gasteiger partial charge in [0.25, 0.3) is 0 Å². The van der Waals surface area contributed by atoms with E-state index in [1.807, 2.05) is 47.0 Å². The average Bonchev–Trinajstić information content (AvgIpc) is 3.22. The molecule has 0 unspecified atom stereocenters. The van der Waals surface area contributed by atoms with Gasteiger partial charge in [0.2, 0.25) is 5.96 Å². The van der Waals surface area contributed by atoms with Gasteiger partial charge in [0.15, 0.2) is 5.17 Å². The zero-order chi connectivity index (χ0) is 15.8. The van der Waals surface area contributed by atoms with Gasteiger partial charge in [-0.3, -0.25) is 0 Å². The first-order valence-corrected chi connectivity index (χ1v) is 10.7. The molecule has 0 amide bonds. The van der Waals surface area contributed by atoms with Gasteiger partial charge in [0.1, 0.15) is 0 Å². The van der Waals surface area contributed by atoms with E-state index in [0.29, 0.717) is 0 Å². The third-order valence-electron chi connectivity index (χ3n) is 3.55. The van der Waals surface area contributed by atoms with Crippen molar-refractivity contribution >= 4 is 51.2 Å². The Morgan fingerprint density at radius 3 is 2.36 bits per heavy atom. The number of amidine groups is 1. The Bertz CT molecular complexity index is 512. The van der Waals surface area contributed by atoms with Crippen LogP contribution in [0.4, 0.5) is 5.69 Å². The van der Waals surface area contributed by atoms with Crippen LogP contribution in [-0.4, -0.2) is 58.3 Å². The normalized spacial score (nSPS) is 20.3. The van der Waals surface area contributed by atoms with Crippen molar-refractivity contribution in [1.29, 1.82) is 0 Å². The third-order valence-corrected chi connectivity index (χ3v) is 4.60. The SMILES string of the molecule is CI.CN1CCS/C1=N/C(=N/c1ccccc1)N1CCCC1. The molecule has 6 heteroatoms. The molecule has 4 nitrogen and oxygen atoms in total. The van der Waals surface area contributed by atoms with Crippen LogP contribution in [0.1, 0.15) is 12.8 Å². The first kappa shape index (κ1) is 17.6. The van der Waals surface area contributed by atoms with Crippen molar-refractivity contribution in [3.05, 3.63) is 30.3 Å². The molecule has 1 aromatic carbocycles. The molecule has 3 rings (SSSR count).